The van der Waals surface area contributed by atoms with Crippen LogP contribution in [0.25, 0.3) is 0 Å². The van der Waals surface area contributed by atoms with Gasteiger partial charge in [0, 0.05) is 4.88 Å². The van der Waals surface area contributed by atoms with Gasteiger partial charge in [-0.1, -0.05) is 0 Å². The van der Waals surface area contributed by atoms with Gasteiger partial charge in [0.15, 0.2) is 0 Å². The summed E-state index contributed by atoms with van der Waals surface area (Å²) in [6, 6.07) is 7.32. The molecule has 0 aliphatic heterocycles. The lowest BCUT2D eigenvalue weighted by Crippen LogP contribution is -2.11. The number of thiophene rings is 1. The van der Waals surface area contributed by atoms with E-state index < -0.39 is 15.8 Å². The Morgan fingerprint density at radius 2 is 2.00 bits per heavy atom. The normalized spacial score (nSPS) is 11.5. The highest BCUT2D eigenvalue weighted by atomic mass is 79.9. The minimum Gasteiger partial charge on any atom is -0.279 e. The highest BCUT2D eigenvalue weighted by Gasteiger charge is 2.16. The third kappa shape index (κ3) is 2.90. The van der Waals surface area contributed by atoms with E-state index in [0.717, 1.165) is 10.9 Å². The standard InChI is InChI=1S/C11H9BrFNO2S2/c1-7-2-5-11(17-7)18(15,16)14-8-3-4-9(12)10(13)6-8/h2-6,14H,1H3. The molecule has 1 aromatic heterocycles. The summed E-state index contributed by atoms with van der Waals surface area (Å²) in [6.07, 6.45) is 0. The highest BCUT2D eigenvalue weighted by Crippen LogP contribution is 2.25. The van der Waals surface area contributed by atoms with Crippen LogP contribution in [0.4, 0.5) is 10.1 Å². The lowest BCUT2D eigenvalue weighted by atomic mass is 10.3. The van der Waals surface area contributed by atoms with Crippen LogP contribution in [0.3, 0.4) is 0 Å². The van der Waals surface area contributed by atoms with Gasteiger partial charge >= 0.3 is 0 Å². The van der Waals surface area contributed by atoms with E-state index in [1.165, 1.54) is 29.5 Å². The van der Waals surface area contributed by atoms with E-state index in [0.29, 0.717) is 0 Å². The number of anilines is 1. The summed E-state index contributed by atoms with van der Waals surface area (Å²) < 4.78 is 40.1. The van der Waals surface area contributed by atoms with Crippen molar-refractivity contribution in [2.45, 2.75) is 11.1 Å². The first-order valence-corrected chi connectivity index (χ1v) is 8.02. The Kier molecular flexibility index (Phi) is 3.74. The summed E-state index contributed by atoms with van der Waals surface area (Å²) in [5, 5.41) is 0. The van der Waals surface area contributed by atoms with Crippen molar-refractivity contribution in [2.75, 3.05) is 4.72 Å². The average molecular weight is 350 g/mol. The summed E-state index contributed by atoms with van der Waals surface area (Å²) in [5.74, 6) is -0.516. The molecule has 7 heteroatoms. The van der Waals surface area contributed by atoms with Crippen molar-refractivity contribution in [2.24, 2.45) is 0 Å². The second-order valence-electron chi connectivity index (χ2n) is 3.60. The minimum atomic E-state index is -3.64. The number of hydrogen-bond acceptors (Lipinski definition) is 3. The number of rotatable bonds is 3. The van der Waals surface area contributed by atoms with Crippen molar-refractivity contribution in [1.29, 1.82) is 0 Å². The zero-order valence-electron chi connectivity index (χ0n) is 9.28. The predicted molar refractivity (Wildman–Crippen MR) is 74.0 cm³/mol. The summed E-state index contributed by atoms with van der Waals surface area (Å²) in [6.45, 7) is 1.82. The molecule has 0 saturated carbocycles. The van der Waals surface area contributed by atoms with Gasteiger partial charge in [0.25, 0.3) is 10.0 Å². The maximum absolute atomic E-state index is 13.3. The molecule has 0 aliphatic carbocycles. The molecule has 0 spiro atoms. The molecule has 2 rings (SSSR count). The van der Waals surface area contributed by atoms with E-state index in [9.17, 15) is 12.8 Å². The third-order valence-electron chi connectivity index (χ3n) is 2.15. The average Bonchev–Trinajstić information content (AvgIpc) is 2.71. The molecule has 0 saturated heterocycles. The van der Waals surface area contributed by atoms with Crippen molar-refractivity contribution in [1.82, 2.24) is 0 Å². The molecule has 0 radical (unpaired) electrons. The maximum Gasteiger partial charge on any atom is 0.271 e. The summed E-state index contributed by atoms with van der Waals surface area (Å²) in [7, 11) is -3.64. The highest BCUT2D eigenvalue weighted by molar-refractivity contribution is 9.10. The summed E-state index contributed by atoms with van der Waals surface area (Å²) in [4.78, 5) is 0.900. The van der Waals surface area contributed by atoms with E-state index in [4.69, 9.17) is 0 Å². The van der Waals surface area contributed by atoms with Crippen LogP contribution in [0.2, 0.25) is 0 Å². The van der Waals surface area contributed by atoms with Gasteiger partial charge in [-0.2, -0.15) is 0 Å². The Bertz CT molecular complexity index is 682. The first-order valence-electron chi connectivity index (χ1n) is 4.93. The molecular weight excluding hydrogens is 341 g/mol. The summed E-state index contributed by atoms with van der Waals surface area (Å²) in [5.41, 5.74) is 0.196. The quantitative estimate of drug-likeness (QED) is 0.916. The van der Waals surface area contributed by atoms with E-state index in [1.54, 1.807) is 6.07 Å². The molecule has 0 atom stereocenters. The van der Waals surface area contributed by atoms with Gasteiger partial charge in [0.05, 0.1) is 10.2 Å². The Hall–Kier alpha value is -0.920. The van der Waals surface area contributed by atoms with E-state index >= 15 is 0 Å². The van der Waals surface area contributed by atoms with Crippen LogP contribution in [0.1, 0.15) is 4.88 Å². The Morgan fingerprint density at radius 3 is 2.56 bits per heavy atom. The molecule has 0 unspecified atom stereocenters. The number of nitrogens with one attached hydrogen (secondary N) is 1. The van der Waals surface area contributed by atoms with Gasteiger partial charge < -0.3 is 0 Å². The molecule has 1 N–H and O–H groups in total. The van der Waals surface area contributed by atoms with Crippen LogP contribution in [0.5, 0.6) is 0 Å². The van der Waals surface area contributed by atoms with Crippen LogP contribution >= 0.6 is 27.3 Å². The van der Waals surface area contributed by atoms with E-state index in [1.807, 2.05) is 6.92 Å². The SMILES string of the molecule is Cc1ccc(S(=O)(=O)Nc2ccc(Br)c(F)c2)s1. The van der Waals surface area contributed by atoms with Gasteiger partial charge in [0.2, 0.25) is 0 Å². The number of aryl methyl sites for hydroxylation is 1. The molecule has 0 fully saturated rings. The fourth-order valence-corrected chi connectivity index (χ4v) is 3.90. The van der Waals surface area contributed by atoms with Gasteiger partial charge in [-0.15, -0.1) is 11.3 Å². The molecular formula is C11H9BrFNO2S2. The predicted octanol–water partition coefficient (Wildman–Crippen LogP) is 3.76. The lowest BCUT2D eigenvalue weighted by Gasteiger charge is -2.06. The third-order valence-corrected chi connectivity index (χ3v) is 5.67. The first kappa shape index (κ1) is 13.5. The molecule has 0 bridgehead atoms. The molecule has 1 aromatic carbocycles. The molecule has 0 amide bonds. The van der Waals surface area contributed by atoms with Crippen molar-refractivity contribution in [3.05, 3.63) is 45.5 Å². The fraction of sp³-hybridized carbons (Fsp3) is 0.0909. The van der Waals surface area contributed by atoms with Crippen molar-refractivity contribution >= 4 is 43.0 Å². The van der Waals surface area contributed by atoms with Crippen LogP contribution in [-0.2, 0) is 10.0 Å². The number of hydrogen-bond donors (Lipinski definition) is 1. The molecule has 3 nitrogen and oxygen atoms in total. The molecule has 1 heterocycles. The Morgan fingerprint density at radius 1 is 1.28 bits per heavy atom. The molecule has 0 aliphatic rings. The Balaban J connectivity index is 2.30. The fourth-order valence-electron chi connectivity index (χ4n) is 1.32. The number of halogens is 2. The van der Waals surface area contributed by atoms with Crippen LogP contribution in [-0.4, -0.2) is 8.42 Å². The molecule has 18 heavy (non-hydrogen) atoms. The minimum absolute atomic E-state index is 0.196. The van der Waals surface area contributed by atoms with E-state index in [-0.39, 0.29) is 14.4 Å². The smallest absolute Gasteiger partial charge is 0.271 e. The first-order chi connectivity index (χ1) is 8.38. The van der Waals surface area contributed by atoms with Gasteiger partial charge in [-0.25, -0.2) is 12.8 Å². The number of benzene rings is 1. The van der Waals surface area contributed by atoms with Crippen molar-refractivity contribution < 1.29 is 12.8 Å². The van der Waals surface area contributed by atoms with Crippen LogP contribution in [0.15, 0.2) is 39.0 Å². The Labute approximate surface area is 117 Å². The summed E-state index contributed by atoms with van der Waals surface area (Å²) >= 11 is 4.17. The lowest BCUT2D eigenvalue weighted by molar-refractivity contribution is 0.603. The zero-order chi connectivity index (χ0) is 13.3. The molecule has 2 aromatic rings. The van der Waals surface area contributed by atoms with Gasteiger partial charge in [0.1, 0.15) is 10.0 Å². The molecule has 96 valence electrons. The zero-order valence-corrected chi connectivity index (χ0v) is 12.5. The largest absolute Gasteiger partial charge is 0.279 e. The van der Waals surface area contributed by atoms with Crippen molar-refractivity contribution in [3.8, 4) is 0 Å². The van der Waals surface area contributed by atoms with Crippen molar-refractivity contribution in [3.63, 3.8) is 0 Å². The maximum atomic E-state index is 13.3. The topological polar surface area (TPSA) is 46.2 Å². The second-order valence-corrected chi connectivity index (χ2v) is 7.65. The monoisotopic (exact) mass is 349 g/mol. The number of sulfonamides is 1. The second kappa shape index (κ2) is 4.99. The van der Waals surface area contributed by atoms with Crippen LogP contribution < -0.4 is 4.72 Å². The van der Waals surface area contributed by atoms with Gasteiger partial charge in [-0.3, -0.25) is 4.72 Å². The van der Waals surface area contributed by atoms with Crippen LogP contribution in [0, 0.1) is 12.7 Å². The van der Waals surface area contributed by atoms with Gasteiger partial charge in [-0.05, 0) is 53.2 Å². The van der Waals surface area contributed by atoms with E-state index in [2.05, 4.69) is 20.7 Å².